The van der Waals surface area contributed by atoms with Crippen molar-refractivity contribution < 1.29 is 8.78 Å². The molecule has 1 aromatic carbocycles. The maximum absolute atomic E-state index is 12.3. The molecule has 0 aliphatic rings. The molecule has 0 aliphatic carbocycles. The van der Waals surface area contributed by atoms with Crippen LogP contribution in [0, 0.1) is 17.7 Å². The molecule has 0 fully saturated rings. The van der Waals surface area contributed by atoms with Gasteiger partial charge < -0.3 is 0 Å². The maximum Gasteiger partial charge on any atom is 0.140 e. The van der Waals surface area contributed by atoms with E-state index in [1.807, 2.05) is 0 Å². The van der Waals surface area contributed by atoms with Crippen LogP contribution < -0.4 is 0 Å². The first-order valence-corrected chi connectivity index (χ1v) is 3.01. The summed E-state index contributed by atoms with van der Waals surface area (Å²) >= 11 is 2.71. The number of benzene rings is 1. The molecule has 0 amide bonds. The molecule has 0 unspecified atom stereocenters. The van der Waals surface area contributed by atoms with Gasteiger partial charge in [-0.05, 0) is 34.1 Å². The normalized spacial score (nSPS) is 9.67. The van der Waals surface area contributed by atoms with Gasteiger partial charge in [0.25, 0.3) is 0 Å². The number of hydrogen-bond donors (Lipinski definition) is 0. The first-order chi connectivity index (χ1) is 4.22. The Kier molecular flexibility index (Phi) is 1.81. The quantitative estimate of drug-likeness (QED) is 0.554. The van der Waals surface area contributed by atoms with Gasteiger partial charge in [-0.15, -0.1) is 0 Å². The zero-order valence-electron chi connectivity index (χ0n) is 4.29. The Balaban J connectivity index is 3.25. The third-order valence-corrected chi connectivity index (χ3v) is 1.60. The van der Waals surface area contributed by atoms with E-state index >= 15 is 0 Å². The molecule has 0 atom stereocenters. The van der Waals surface area contributed by atoms with Crippen LogP contribution in [0.15, 0.2) is 16.6 Å². The van der Waals surface area contributed by atoms with Crippen LogP contribution in [0.2, 0.25) is 0 Å². The third kappa shape index (κ3) is 1.27. The molecule has 0 aliphatic heterocycles. The Morgan fingerprint density at radius 1 is 1.22 bits per heavy atom. The highest BCUT2D eigenvalue weighted by molar-refractivity contribution is 9.10. The van der Waals surface area contributed by atoms with Crippen LogP contribution in [-0.2, 0) is 0 Å². The summed E-state index contributed by atoms with van der Waals surface area (Å²) in [6.07, 6.45) is 0. The number of hydrogen-bond acceptors (Lipinski definition) is 0. The second kappa shape index (κ2) is 2.43. The molecule has 1 aromatic rings. The van der Waals surface area contributed by atoms with Gasteiger partial charge in [-0.2, -0.15) is 0 Å². The largest absolute Gasteiger partial charge is 0.206 e. The molecule has 0 N–H and O–H groups in total. The lowest BCUT2D eigenvalue weighted by atomic mass is 10.3. The summed E-state index contributed by atoms with van der Waals surface area (Å²) in [5.74, 6) is -1.26. The van der Waals surface area contributed by atoms with Crippen LogP contribution >= 0.6 is 15.9 Å². The molecule has 47 valence electrons. The van der Waals surface area contributed by atoms with Crippen molar-refractivity contribution in [2.45, 2.75) is 0 Å². The summed E-state index contributed by atoms with van der Waals surface area (Å²) in [5.41, 5.74) is 0. The first-order valence-electron chi connectivity index (χ1n) is 2.22. The minimum Gasteiger partial charge on any atom is -0.206 e. The number of halogens is 3. The predicted octanol–water partition coefficient (Wildman–Crippen LogP) is 2.53. The molecule has 0 aromatic heterocycles. The van der Waals surface area contributed by atoms with E-state index in [-0.39, 0.29) is 4.47 Å². The minimum absolute atomic E-state index is 0.138. The molecule has 1 radical (unpaired) electrons. The molecule has 0 heterocycles. The molecule has 3 heteroatoms. The Bertz CT molecular complexity index is 202. The van der Waals surface area contributed by atoms with E-state index in [4.69, 9.17) is 0 Å². The topological polar surface area (TPSA) is 0 Å². The highest BCUT2D eigenvalue weighted by Crippen LogP contribution is 2.17. The van der Waals surface area contributed by atoms with Gasteiger partial charge in [0.1, 0.15) is 11.6 Å². The predicted molar refractivity (Wildman–Crippen MR) is 32.9 cm³/mol. The third-order valence-electron chi connectivity index (χ3n) is 0.839. The fraction of sp³-hybridized carbons (Fsp3) is 0. The van der Waals surface area contributed by atoms with Crippen molar-refractivity contribution in [3.63, 3.8) is 0 Å². The summed E-state index contributed by atoms with van der Waals surface area (Å²) in [6, 6.07) is 4.42. The SMILES string of the molecule is Fc1c[c]cc(F)c1Br. The van der Waals surface area contributed by atoms with Crippen molar-refractivity contribution in [2.75, 3.05) is 0 Å². The molecule has 0 nitrogen and oxygen atoms in total. The Morgan fingerprint density at radius 3 is 2.00 bits per heavy atom. The van der Waals surface area contributed by atoms with Gasteiger partial charge in [0.2, 0.25) is 0 Å². The molecule has 0 saturated carbocycles. The smallest absolute Gasteiger partial charge is 0.140 e. The molecule has 1 rings (SSSR count). The van der Waals surface area contributed by atoms with Crippen LogP contribution in [0.3, 0.4) is 0 Å². The zero-order chi connectivity index (χ0) is 6.85. The summed E-state index contributed by atoms with van der Waals surface area (Å²) in [4.78, 5) is 0. The van der Waals surface area contributed by atoms with Crippen molar-refractivity contribution in [1.29, 1.82) is 0 Å². The lowest BCUT2D eigenvalue weighted by molar-refractivity contribution is 0.571. The first kappa shape index (κ1) is 6.68. The van der Waals surface area contributed by atoms with Crippen molar-refractivity contribution in [2.24, 2.45) is 0 Å². The van der Waals surface area contributed by atoms with Gasteiger partial charge >= 0.3 is 0 Å². The average molecular weight is 192 g/mol. The highest BCUT2D eigenvalue weighted by Gasteiger charge is 2.01. The second-order valence-corrected chi connectivity index (χ2v) is 2.26. The van der Waals surface area contributed by atoms with Gasteiger partial charge in [-0.3, -0.25) is 0 Å². The van der Waals surface area contributed by atoms with Crippen molar-refractivity contribution >= 4 is 15.9 Å². The Labute approximate surface area is 59.6 Å². The van der Waals surface area contributed by atoms with Crippen molar-refractivity contribution in [3.8, 4) is 0 Å². The second-order valence-electron chi connectivity index (χ2n) is 1.47. The van der Waals surface area contributed by atoms with Gasteiger partial charge in [-0.25, -0.2) is 8.78 Å². The summed E-state index contributed by atoms with van der Waals surface area (Å²) in [7, 11) is 0. The van der Waals surface area contributed by atoms with Gasteiger partial charge in [0.05, 0.1) is 4.47 Å². The Morgan fingerprint density at radius 2 is 1.67 bits per heavy atom. The maximum atomic E-state index is 12.3. The van der Waals surface area contributed by atoms with Gasteiger partial charge in [0.15, 0.2) is 0 Å². The van der Waals surface area contributed by atoms with E-state index in [9.17, 15) is 8.78 Å². The van der Waals surface area contributed by atoms with Gasteiger partial charge in [0, 0.05) is 0 Å². The fourth-order valence-electron chi connectivity index (χ4n) is 0.429. The van der Waals surface area contributed by atoms with E-state index < -0.39 is 11.6 Å². The van der Waals surface area contributed by atoms with E-state index in [0.29, 0.717) is 0 Å². The molecule has 0 bridgehead atoms. The Hall–Kier alpha value is -0.440. The van der Waals surface area contributed by atoms with Crippen LogP contribution in [0.5, 0.6) is 0 Å². The molecule has 9 heavy (non-hydrogen) atoms. The van der Waals surface area contributed by atoms with E-state index in [1.165, 1.54) is 0 Å². The summed E-state index contributed by atoms with van der Waals surface area (Å²) < 4.78 is 24.4. The molecular formula is C6H2BrF2. The molecular weight excluding hydrogens is 190 g/mol. The number of rotatable bonds is 0. The van der Waals surface area contributed by atoms with Gasteiger partial charge in [-0.1, -0.05) is 0 Å². The lowest BCUT2D eigenvalue weighted by Gasteiger charge is -1.91. The van der Waals surface area contributed by atoms with Crippen LogP contribution in [0.25, 0.3) is 0 Å². The summed E-state index contributed by atoms with van der Waals surface area (Å²) in [6.45, 7) is 0. The van der Waals surface area contributed by atoms with Crippen molar-refractivity contribution in [1.82, 2.24) is 0 Å². The molecule has 0 saturated heterocycles. The van der Waals surface area contributed by atoms with Crippen LogP contribution in [-0.4, -0.2) is 0 Å². The van der Waals surface area contributed by atoms with E-state index in [2.05, 4.69) is 22.0 Å². The summed E-state index contributed by atoms with van der Waals surface area (Å²) in [5, 5.41) is 0. The fourth-order valence-corrected chi connectivity index (χ4v) is 0.658. The molecule has 0 spiro atoms. The minimum atomic E-state index is -0.630. The van der Waals surface area contributed by atoms with Crippen LogP contribution in [0.1, 0.15) is 0 Å². The average Bonchev–Trinajstić information content (AvgIpc) is 1.83. The van der Waals surface area contributed by atoms with E-state index in [0.717, 1.165) is 12.1 Å². The van der Waals surface area contributed by atoms with Crippen LogP contribution in [0.4, 0.5) is 8.78 Å². The zero-order valence-corrected chi connectivity index (χ0v) is 5.87. The van der Waals surface area contributed by atoms with E-state index in [1.54, 1.807) is 0 Å². The highest BCUT2D eigenvalue weighted by atomic mass is 79.9. The van der Waals surface area contributed by atoms with Crippen molar-refractivity contribution in [3.05, 3.63) is 34.3 Å². The standard InChI is InChI=1S/C6H2BrF2/c7-6-4(8)2-1-3-5(6)9/h2-3H. The lowest BCUT2D eigenvalue weighted by Crippen LogP contribution is -1.80. The monoisotopic (exact) mass is 191 g/mol.